The highest BCUT2D eigenvalue weighted by Crippen LogP contribution is 2.30. The van der Waals surface area contributed by atoms with Crippen LogP contribution in [0.25, 0.3) is 0 Å². The van der Waals surface area contributed by atoms with E-state index in [1.54, 1.807) is 9.80 Å². The highest BCUT2D eigenvalue weighted by atomic mass is 16.2. The number of benzene rings is 2. The Kier molecular flexibility index (Phi) is 4.88. The Bertz CT molecular complexity index is 800. The Morgan fingerprint density at radius 1 is 1.08 bits per heavy atom. The fourth-order valence-corrected chi connectivity index (χ4v) is 3.50. The number of carbonyl (C=O) groups excluding carboxylic acids is 2. The van der Waals surface area contributed by atoms with Crippen molar-refractivity contribution in [2.75, 3.05) is 22.9 Å². The predicted octanol–water partition coefficient (Wildman–Crippen LogP) is 3.71. The standard InChI is InChI=1S/C21H24N2O2/c1-4-22(18-11-7-5-9-15(18)2)21(25)17-13-20(24)23(14-17)19-12-8-6-10-16(19)3/h5-12,17H,4,13-14H2,1-3H3. The molecule has 0 aromatic heterocycles. The van der Waals surface area contributed by atoms with E-state index in [2.05, 4.69) is 0 Å². The van der Waals surface area contributed by atoms with Crippen molar-refractivity contribution in [1.82, 2.24) is 0 Å². The maximum atomic E-state index is 13.1. The van der Waals surface area contributed by atoms with Gasteiger partial charge in [0.05, 0.1) is 5.92 Å². The second-order valence-electron chi connectivity index (χ2n) is 6.56. The van der Waals surface area contributed by atoms with E-state index in [0.717, 1.165) is 22.5 Å². The Labute approximate surface area is 149 Å². The molecule has 2 amide bonds. The minimum Gasteiger partial charge on any atom is -0.312 e. The van der Waals surface area contributed by atoms with Crippen LogP contribution in [-0.4, -0.2) is 24.9 Å². The molecular formula is C21H24N2O2. The summed E-state index contributed by atoms with van der Waals surface area (Å²) in [7, 11) is 0. The van der Waals surface area contributed by atoms with E-state index < -0.39 is 0 Å². The third-order valence-corrected chi connectivity index (χ3v) is 4.87. The summed E-state index contributed by atoms with van der Waals surface area (Å²) in [5.74, 6) is -0.249. The molecular weight excluding hydrogens is 312 g/mol. The summed E-state index contributed by atoms with van der Waals surface area (Å²) in [6, 6.07) is 15.7. The molecule has 1 unspecified atom stereocenters. The summed E-state index contributed by atoms with van der Waals surface area (Å²) in [5.41, 5.74) is 3.95. The molecule has 0 spiro atoms. The van der Waals surface area contributed by atoms with E-state index in [9.17, 15) is 9.59 Å². The van der Waals surface area contributed by atoms with Crippen molar-refractivity contribution < 1.29 is 9.59 Å². The summed E-state index contributed by atoms with van der Waals surface area (Å²) >= 11 is 0. The molecule has 1 saturated heterocycles. The Hall–Kier alpha value is -2.62. The van der Waals surface area contributed by atoms with Crippen molar-refractivity contribution in [3.8, 4) is 0 Å². The fourth-order valence-electron chi connectivity index (χ4n) is 3.50. The summed E-state index contributed by atoms with van der Waals surface area (Å²) in [6.07, 6.45) is 0.273. The number of nitrogens with zero attached hydrogens (tertiary/aromatic N) is 2. The molecule has 1 heterocycles. The second-order valence-corrected chi connectivity index (χ2v) is 6.56. The average Bonchev–Trinajstić information content (AvgIpc) is 2.99. The van der Waals surface area contributed by atoms with Gasteiger partial charge in [-0.15, -0.1) is 0 Å². The first-order valence-corrected chi connectivity index (χ1v) is 8.76. The van der Waals surface area contributed by atoms with Crippen LogP contribution in [0.2, 0.25) is 0 Å². The molecule has 2 aromatic carbocycles. The van der Waals surface area contributed by atoms with Gasteiger partial charge in [0.2, 0.25) is 11.8 Å². The predicted molar refractivity (Wildman–Crippen MR) is 101 cm³/mol. The number of rotatable bonds is 4. The van der Waals surface area contributed by atoms with Crippen LogP contribution in [0.1, 0.15) is 24.5 Å². The van der Waals surface area contributed by atoms with Gasteiger partial charge in [0.1, 0.15) is 0 Å². The summed E-state index contributed by atoms with van der Waals surface area (Å²) in [5, 5.41) is 0. The molecule has 0 radical (unpaired) electrons. The highest BCUT2D eigenvalue weighted by Gasteiger charge is 2.37. The van der Waals surface area contributed by atoms with Gasteiger partial charge >= 0.3 is 0 Å². The van der Waals surface area contributed by atoms with Crippen molar-refractivity contribution in [1.29, 1.82) is 0 Å². The minimum absolute atomic E-state index is 0.0217. The van der Waals surface area contributed by atoms with Crippen molar-refractivity contribution in [2.45, 2.75) is 27.2 Å². The topological polar surface area (TPSA) is 40.6 Å². The zero-order valence-electron chi connectivity index (χ0n) is 15.0. The Balaban J connectivity index is 1.83. The maximum Gasteiger partial charge on any atom is 0.232 e. The molecule has 2 aromatic rings. The third kappa shape index (κ3) is 3.29. The maximum absolute atomic E-state index is 13.1. The molecule has 0 aliphatic carbocycles. The molecule has 1 atom stereocenters. The Morgan fingerprint density at radius 3 is 2.36 bits per heavy atom. The molecule has 1 aliphatic heterocycles. The van der Waals surface area contributed by atoms with Gasteiger partial charge in [-0.2, -0.15) is 0 Å². The lowest BCUT2D eigenvalue weighted by Gasteiger charge is -2.26. The number of carbonyl (C=O) groups is 2. The Morgan fingerprint density at radius 2 is 1.72 bits per heavy atom. The first-order valence-electron chi connectivity index (χ1n) is 8.76. The van der Waals surface area contributed by atoms with Crippen molar-refractivity contribution in [2.24, 2.45) is 5.92 Å². The molecule has 4 nitrogen and oxygen atoms in total. The molecule has 4 heteroatoms. The molecule has 130 valence electrons. The zero-order chi connectivity index (χ0) is 18.0. The van der Waals surface area contributed by atoms with E-state index in [1.165, 1.54) is 0 Å². The quantitative estimate of drug-likeness (QED) is 0.854. The molecule has 0 N–H and O–H groups in total. The number of amides is 2. The molecule has 1 aliphatic rings. The largest absolute Gasteiger partial charge is 0.312 e. The van der Waals surface area contributed by atoms with E-state index in [1.807, 2.05) is 69.3 Å². The van der Waals surface area contributed by atoms with E-state index in [-0.39, 0.29) is 24.2 Å². The second kappa shape index (κ2) is 7.09. The molecule has 1 fully saturated rings. The third-order valence-electron chi connectivity index (χ3n) is 4.87. The van der Waals surface area contributed by atoms with E-state index >= 15 is 0 Å². The van der Waals surface area contributed by atoms with Gasteiger partial charge < -0.3 is 9.80 Å². The number of anilines is 2. The van der Waals surface area contributed by atoms with Crippen LogP contribution in [0.5, 0.6) is 0 Å². The molecule has 3 rings (SSSR count). The van der Waals surface area contributed by atoms with Crippen molar-refractivity contribution in [3.63, 3.8) is 0 Å². The van der Waals surface area contributed by atoms with Gasteiger partial charge in [-0.05, 0) is 44.0 Å². The number of aryl methyl sites for hydroxylation is 2. The van der Waals surface area contributed by atoms with Gasteiger partial charge in [0.25, 0.3) is 0 Å². The monoisotopic (exact) mass is 336 g/mol. The van der Waals surface area contributed by atoms with Crippen LogP contribution in [0.4, 0.5) is 11.4 Å². The summed E-state index contributed by atoms with van der Waals surface area (Å²) in [6.45, 7) is 7.01. The summed E-state index contributed by atoms with van der Waals surface area (Å²) in [4.78, 5) is 29.1. The SMILES string of the molecule is CCN(C(=O)C1CC(=O)N(c2ccccc2C)C1)c1ccccc1C. The fraction of sp³-hybridized carbons (Fsp3) is 0.333. The van der Waals surface area contributed by atoms with Crippen LogP contribution in [-0.2, 0) is 9.59 Å². The first-order chi connectivity index (χ1) is 12.0. The average molecular weight is 336 g/mol. The summed E-state index contributed by atoms with van der Waals surface area (Å²) < 4.78 is 0. The number of hydrogen-bond acceptors (Lipinski definition) is 2. The highest BCUT2D eigenvalue weighted by molar-refractivity contribution is 6.04. The van der Waals surface area contributed by atoms with Gasteiger partial charge in [0, 0.05) is 30.9 Å². The lowest BCUT2D eigenvalue weighted by atomic mass is 10.1. The van der Waals surface area contributed by atoms with Crippen LogP contribution in [0, 0.1) is 19.8 Å². The van der Waals surface area contributed by atoms with Crippen LogP contribution < -0.4 is 9.80 Å². The van der Waals surface area contributed by atoms with Gasteiger partial charge in [-0.1, -0.05) is 36.4 Å². The van der Waals surface area contributed by atoms with Crippen LogP contribution >= 0.6 is 0 Å². The van der Waals surface area contributed by atoms with Gasteiger partial charge in [-0.25, -0.2) is 0 Å². The lowest BCUT2D eigenvalue weighted by molar-refractivity contribution is -0.124. The van der Waals surface area contributed by atoms with Crippen molar-refractivity contribution in [3.05, 3.63) is 59.7 Å². The first kappa shape index (κ1) is 17.2. The molecule has 0 saturated carbocycles. The van der Waals surface area contributed by atoms with Crippen LogP contribution in [0.3, 0.4) is 0 Å². The van der Waals surface area contributed by atoms with E-state index in [0.29, 0.717) is 13.1 Å². The minimum atomic E-state index is -0.299. The smallest absolute Gasteiger partial charge is 0.232 e. The van der Waals surface area contributed by atoms with Gasteiger partial charge in [-0.3, -0.25) is 9.59 Å². The molecule has 25 heavy (non-hydrogen) atoms. The van der Waals surface area contributed by atoms with E-state index in [4.69, 9.17) is 0 Å². The zero-order valence-corrected chi connectivity index (χ0v) is 15.0. The van der Waals surface area contributed by atoms with Crippen molar-refractivity contribution >= 4 is 23.2 Å². The molecule has 0 bridgehead atoms. The van der Waals surface area contributed by atoms with Gasteiger partial charge in [0.15, 0.2) is 0 Å². The van der Waals surface area contributed by atoms with Crippen LogP contribution in [0.15, 0.2) is 48.5 Å². The number of hydrogen-bond donors (Lipinski definition) is 0. The normalized spacial score (nSPS) is 17.0. The number of para-hydroxylation sites is 2. The lowest BCUT2D eigenvalue weighted by Crippen LogP contribution is -2.38.